The number of hydrogen-bond acceptors (Lipinski definition) is 3. The molecule has 0 aliphatic carbocycles. The van der Waals surface area contributed by atoms with Crippen molar-refractivity contribution in [1.29, 1.82) is 0 Å². The molecule has 3 nitrogen and oxygen atoms in total. The fourth-order valence-electron chi connectivity index (χ4n) is 2.37. The number of anilines is 1. The Kier molecular flexibility index (Phi) is 5.16. The largest absolute Gasteiger partial charge is 0.394 e. The van der Waals surface area contributed by atoms with Crippen molar-refractivity contribution in [3.63, 3.8) is 0 Å². The summed E-state index contributed by atoms with van der Waals surface area (Å²) in [4.78, 5) is 0. The Morgan fingerprint density at radius 1 is 1.10 bits per heavy atom. The number of nitrogens with two attached hydrogens (primary N) is 1. The number of aryl methyl sites for hydroxylation is 1. The molecule has 0 fully saturated rings. The molecule has 2 aromatic rings. The van der Waals surface area contributed by atoms with Crippen LogP contribution in [-0.4, -0.2) is 17.8 Å². The zero-order valence-electron chi connectivity index (χ0n) is 11.8. The van der Waals surface area contributed by atoms with Crippen LogP contribution in [0.3, 0.4) is 0 Å². The lowest BCUT2D eigenvalue weighted by Gasteiger charge is -2.21. The lowest BCUT2D eigenvalue weighted by atomic mass is 10.0. The van der Waals surface area contributed by atoms with Crippen LogP contribution in [0.2, 0.25) is 0 Å². The first-order valence-corrected chi connectivity index (χ1v) is 6.94. The fraction of sp³-hybridized carbons (Fsp3) is 0.294. The average molecular weight is 270 g/mol. The maximum atomic E-state index is 9.61. The van der Waals surface area contributed by atoms with Crippen molar-refractivity contribution in [2.24, 2.45) is 5.73 Å². The molecule has 2 aromatic carbocycles. The molecule has 1 unspecified atom stereocenters. The van der Waals surface area contributed by atoms with E-state index >= 15 is 0 Å². The van der Waals surface area contributed by atoms with Crippen molar-refractivity contribution in [3.8, 4) is 0 Å². The van der Waals surface area contributed by atoms with Gasteiger partial charge < -0.3 is 16.2 Å². The van der Waals surface area contributed by atoms with Crippen LogP contribution in [-0.2, 0) is 13.0 Å². The second kappa shape index (κ2) is 7.08. The minimum atomic E-state index is -0.0104. The van der Waals surface area contributed by atoms with E-state index in [1.807, 2.05) is 30.3 Å². The first-order valence-electron chi connectivity index (χ1n) is 6.94. The highest BCUT2D eigenvalue weighted by Gasteiger charge is 2.12. The molecule has 0 spiro atoms. The number of aliphatic hydroxyl groups is 1. The first kappa shape index (κ1) is 14.6. The molecule has 2 rings (SSSR count). The third kappa shape index (κ3) is 3.59. The average Bonchev–Trinajstić information content (AvgIpc) is 2.49. The lowest BCUT2D eigenvalue weighted by Crippen LogP contribution is -2.27. The Balaban J connectivity index is 2.14. The monoisotopic (exact) mass is 270 g/mol. The Hall–Kier alpha value is -1.84. The zero-order chi connectivity index (χ0) is 14.4. The quantitative estimate of drug-likeness (QED) is 0.756. The Morgan fingerprint density at radius 2 is 1.85 bits per heavy atom. The molecule has 0 bridgehead atoms. The second-order valence-electron chi connectivity index (χ2n) is 5.03. The molecule has 0 aliphatic heterocycles. The van der Waals surface area contributed by atoms with E-state index in [0.717, 1.165) is 23.2 Å². The summed E-state index contributed by atoms with van der Waals surface area (Å²) in [6.07, 6.45) is 0.787. The summed E-state index contributed by atoms with van der Waals surface area (Å²) in [5.74, 6) is 0. The molecule has 0 aliphatic rings. The van der Waals surface area contributed by atoms with Crippen LogP contribution in [0.4, 0.5) is 5.69 Å². The van der Waals surface area contributed by atoms with Crippen molar-refractivity contribution < 1.29 is 5.11 Å². The normalized spacial score (nSPS) is 12.2. The molecule has 3 heteroatoms. The van der Waals surface area contributed by atoms with Crippen molar-refractivity contribution in [2.75, 3.05) is 11.9 Å². The van der Waals surface area contributed by atoms with E-state index in [9.17, 15) is 5.11 Å². The summed E-state index contributed by atoms with van der Waals surface area (Å²) < 4.78 is 0. The summed E-state index contributed by atoms with van der Waals surface area (Å²) in [7, 11) is 0. The van der Waals surface area contributed by atoms with E-state index in [0.29, 0.717) is 6.54 Å². The number of aliphatic hydroxyl groups excluding tert-OH is 1. The smallest absolute Gasteiger partial charge is 0.0636 e. The molecule has 0 amide bonds. The highest BCUT2D eigenvalue weighted by atomic mass is 16.3. The third-order valence-corrected chi connectivity index (χ3v) is 3.47. The molecular weight excluding hydrogens is 248 g/mol. The Labute approximate surface area is 120 Å². The SMILES string of the molecule is Cc1cccc(CN)c1NC(CO)Cc1ccccc1. The molecule has 1 atom stereocenters. The number of para-hydroxylation sites is 1. The minimum absolute atomic E-state index is 0.0104. The molecule has 0 heterocycles. The first-order chi connectivity index (χ1) is 9.74. The molecule has 20 heavy (non-hydrogen) atoms. The van der Waals surface area contributed by atoms with Gasteiger partial charge in [0.15, 0.2) is 0 Å². The van der Waals surface area contributed by atoms with Gasteiger partial charge in [-0.25, -0.2) is 0 Å². The van der Waals surface area contributed by atoms with Crippen LogP contribution in [0.25, 0.3) is 0 Å². The Bertz CT molecular complexity index is 540. The van der Waals surface area contributed by atoms with E-state index in [4.69, 9.17) is 5.73 Å². The van der Waals surface area contributed by atoms with Crippen molar-refractivity contribution in [2.45, 2.75) is 25.9 Å². The highest BCUT2D eigenvalue weighted by molar-refractivity contribution is 5.58. The summed E-state index contributed by atoms with van der Waals surface area (Å²) >= 11 is 0. The predicted molar refractivity (Wildman–Crippen MR) is 83.7 cm³/mol. The number of benzene rings is 2. The third-order valence-electron chi connectivity index (χ3n) is 3.47. The van der Waals surface area contributed by atoms with Crippen LogP contribution in [0, 0.1) is 6.92 Å². The maximum Gasteiger partial charge on any atom is 0.0636 e. The van der Waals surface area contributed by atoms with Crippen LogP contribution in [0.1, 0.15) is 16.7 Å². The van der Waals surface area contributed by atoms with Gasteiger partial charge in [0.2, 0.25) is 0 Å². The number of hydrogen-bond donors (Lipinski definition) is 3. The van der Waals surface area contributed by atoms with Gasteiger partial charge in [-0.15, -0.1) is 0 Å². The molecule has 106 valence electrons. The summed E-state index contributed by atoms with van der Waals surface area (Å²) in [5.41, 5.74) is 10.3. The van der Waals surface area contributed by atoms with Gasteiger partial charge in [0.1, 0.15) is 0 Å². The molecule has 0 radical (unpaired) electrons. The molecule has 0 saturated carbocycles. The molecular formula is C17H22N2O. The van der Waals surface area contributed by atoms with Gasteiger partial charge >= 0.3 is 0 Å². The summed E-state index contributed by atoms with van der Waals surface area (Å²) in [6, 6.07) is 16.3. The van der Waals surface area contributed by atoms with Crippen LogP contribution >= 0.6 is 0 Å². The standard InChI is InChI=1S/C17H22N2O/c1-13-6-5-9-15(11-18)17(13)19-16(12-20)10-14-7-3-2-4-8-14/h2-9,16,19-20H,10-12,18H2,1H3. The van der Waals surface area contributed by atoms with E-state index in [1.165, 1.54) is 5.56 Å². The van der Waals surface area contributed by atoms with Gasteiger partial charge in [-0.05, 0) is 30.0 Å². The van der Waals surface area contributed by atoms with Gasteiger partial charge in [-0.1, -0.05) is 48.5 Å². The van der Waals surface area contributed by atoms with Crippen molar-refractivity contribution >= 4 is 5.69 Å². The molecule has 0 aromatic heterocycles. The lowest BCUT2D eigenvalue weighted by molar-refractivity contribution is 0.273. The maximum absolute atomic E-state index is 9.61. The fourth-order valence-corrected chi connectivity index (χ4v) is 2.37. The highest BCUT2D eigenvalue weighted by Crippen LogP contribution is 2.21. The van der Waals surface area contributed by atoms with E-state index in [-0.39, 0.29) is 12.6 Å². The minimum Gasteiger partial charge on any atom is -0.394 e. The number of rotatable bonds is 6. The van der Waals surface area contributed by atoms with E-state index < -0.39 is 0 Å². The Morgan fingerprint density at radius 3 is 2.50 bits per heavy atom. The predicted octanol–water partition coefficient (Wildman–Crippen LogP) is 2.47. The van der Waals surface area contributed by atoms with E-state index in [1.54, 1.807) is 0 Å². The topological polar surface area (TPSA) is 58.3 Å². The van der Waals surface area contributed by atoms with Gasteiger partial charge in [-0.2, -0.15) is 0 Å². The van der Waals surface area contributed by atoms with Crippen molar-refractivity contribution in [1.82, 2.24) is 0 Å². The van der Waals surface area contributed by atoms with Gasteiger partial charge in [0, 0.05) is 12.2 Å². The van der Waals surface area contributed by atoms with Gasteiger partial charge in [0.05, 0.1) is 12.6 Å². The van der Waals surface area contributed by atoms with Crippen LogP contribution in [0.15, 0.2) is 48.5 Å². The van der Waals surface area contributed by atoms with Gasteiger partial charge in [0.25, 0.3) is 0 Å². The zero-order valence-corrected chi connectivity index (χ0v) is 11.8. The van der Waals surface area contributed by atoms with Gasteiger partial charge in [-0.3, -0.25) is 0 Å². The second-order valence-corrected chi connectivity index (χ2v) is 5.03. The number of nitrogens with one attached hydrogen (secondary N) is 1. The molecule has 4 N–H and O–H groups in total. The van der Waals surface area contributed by atoms with E-state index in [2.05, 4.69) is 30.4 Å². The summed E-state index contributed by atoms with van der Waals surface area (Å²) in [5, 5.41) is 13.0. The van der Waals surface area contributed by atoms with Crippen LogP contribution < -0.4 is 11.1 Å². The van der Waals surface area contributed by atoms with Crippen molar-refractivity contribution in [3.05, 3.63) is 65.2 Å². The molecule has 0 saturated heterocycles. The summed E-state index contributed by atoms with van der Waals surface area (Å²) in [6.45, 7) is 2.64. The van der Waals surface area contributed by atoms with Crippen LogP contribution in [0.5, 0.6) is 0 Å².